The van der Waals surface area contributed by atoms with Gasteiger partial charge >= 0.3 is 0 Å². The van der Waals surface area contributed by atoms with Gasteiger partial charge in [0, 0.05) is 30.3 Å². The van der Waals surface area contributed by atoms with Crippen molar-refractivity contribution in [2.24, 2.45) is 7.05 Å². The molecule has 0 atom stereocenters. The molecule has 0 aliphatic heterocycles. The van der Waals surface area contributed by atoms with Gasteiger partial charge in [-0.2, -0.15) is 5.10 Å². The third kappa shape index (κ3) is 1.54. The number of benzene rings is 1. The summed E-state index contributed by atoms with van der Waals surface area (Å²) in [5, 5.41) is 5.49. The minimum atomic E-state index is 0.654. The predicted molar refractivity (Wildman–Crippen MR) is 68.4 cm³/mol. The summed E-state index contributed by atoms with van der Waals surface area (Å²) in [7, 11) is 1.84. The van der Waals surface area contributed by atoms with E-state index < -0.39 is 0 Å². The summed E-state index contributed by atoms with van der Waals surface area (Å²) in [6.45, 7) is 0. The van der Waals surface area contributed by atoms with Crippen LogP contribution >= 0.6 is 0 Å². The Hall–Kier alpha value is -2.36. The van der Waals surface area contributed by atoms with Crippen molar-refractivity contribution in [3.8, 4) is 11.3 Å². The lowest BCUT2D eigenvalue weighted by Crippen LogP contribution is -1.96. The van der Waals surface area contributed by atoms with Crippen molar-refractivity contribution in [2.45, 2.75) is 0 Å². The standard InChI is InChI=1S/C13H12N4/c1-17-13(14)8-12(16-17)10-6-7-15-11-5-3-2-4-9(10)11/h2-8H,14H2,1H3. The van der Waals surface area contributed by atoms with E-state index in [1.54, 1.807) is 10.9 Å². The highest BCUT2D eigenvalue weighted by Gasteiger charge is 2.08. The molecule has 2 aromatic heterocycles. The molecule has 0 bridgehead atoms. The predicted octanol–water partition coefficient (Wildman–Crippen LogP) is 2.22. The van der Waals surface area contributed by atoms with Crippen LogP contribution in [0.4, 0.5) is 5.82 Å². The van der Waals surface area contributed by atoms with Crippen LogP contribution in [0.5, 0.6) is 0 Å². The number of rotatable bonds is 1. The van der Waals surface area contributed by atoms with Gasteiger partial charge in [0.2, 0.25) is 0 Å². The molecule has 0 aliphatic carbocycles. The lowest BCUT2D eigenvalue weighted by Gasteiger charge is -2.02. The highest BCUT2D eigenvalue weighted by molar-refractivity contribution is 5.93. The molecule has 4 nitrogen and oxygen atoms in total. The first kappa shape index (κ1) is 9.84. The van der Waals surface area contributed by atoms with Gasteiger partial charge in [0.15, 0.2) is 0 Å². The van der Waals surface area contributed by atoms with Gasteiger partial charge in [-0.25, -0.2) is 0 Å². The Bertz CT molecular complexity index is 660. The van der Waals surface area contributed by atoms with Gasteiger partial charge in [0.1, 0.15) is 5.82 Å². The molecule has 0 fully saturated rings. The molecule has 0 amide bonds. The summed E-state index contributed by atoms with van der Waals surface area (Å²) in [5.41, 5.74) is 8.71. The fourth-order valence-corrected chi connectivity index (χ4v) is 1.93. The van der Waals surface area contributed by atoms with E-state index in [1.807, 2.05) is 43.4 Å². The highest BCUT2D eigenvalue weighted by atomic mass is 15.3. The molecule has 0 radical (unpaired) electrons. The molecule has 2 N–H and O–H groups in total. The van der Waals surface area contributed by atoms with Crippen LogP contribution in [0.15, 0.2) is 42.6 Å². The second-order valence-electron chi connectivity index (χ2n) is 3.95. The smallest absolute Gasteiger partial charge is 0.121 e. The Morgan fingerprint density at radius 1 is 1.18 bits per heavy atom. The minimum Gasteiger partial charge on any atom is -0.384 e. The second kappa shape index (κ2) is 3.59. The maximum Gasteiger partial charge on any atom is 0.121 e. The largest absolute Gasteiger partial charge is 0.384 e. The van der Waals surface area contributed by atoms with E-state index in [4.69, 9.17) is 5.73 Å². The number of nitrogen functional groups attached to an aromatic ring is 1. The molecule has 17 heavy (non-hydrogen) atoms. The Morgan fingerprint density at radius 2 is 2.00 bits per heavy atom. The van der Waals surface area contributed by atoms with E-state index in [0.29, 0.717) is 5.82 Å². The maximum atomic E-state index is 5.81. The van der Waals surface area contributed by atoms with Crippen molar-refractivity contribution in [1.29, 1.82) is 0 Å². The summed E-state index contributed by atoms with van der Waals surface area (Å²) in [4.78, 5) is 4.33. The van der Waals surface area contributed by atoms with Crippen molar-refractivity contribution in [3.05, 3.63) is 42.6 Å². The van der Waals surface area contributed by atoms with Gasteiger partial charge in [-0.3, -0.25) is 9.67 Å². The van der Waals surface area contributed by atoms with E-state index in [0.717, 1.165) is 22.2 Å². The first-order chi connectivity index (χ1) is 8.25. The van der Waals surface area contributed by atoms with Crippen molar-refractivity contribution in [1.82, 2.24) is 14.8 Å². The zero-order chi connectivity index (χ0) is 11.8. The molecule has 0 saturated heterocycles. The molecule has 3 aromatic rings. The van der Waals surface area contributed by atoms with E-state index in [9.17, 15) is 0 Å². The number of hydrogen-bond acceptors (Lipinski definition) is 3. The van der Waals surface area contributed by atoms with Crippen LogP contribution < -0.4 is 5.73 Å². The van der Waals surface area contributed by atoms with E-state index in [1.165, 1.54) is 0 Å². The first-order valence-electron chi connectivity index (χ1n) is 5.39. The molecule has 84 valence electrons. The molecule has 1 aromatic carbocycles. The number of aryl methyl sites for hydroxylation is 1. The first-order valence-corrected chi connectivity index (χ1v) is 5.39. The van der Waals surface area contributed by atoms with Gasteiger partial charge in [0.25, 0.3) is 0 Å². The van der Waals surface area contributed by atoms with Gasteiger partial charge in [-0.15, -0.1) is 0 Å². The summed E-state index contributed by atoms with van der Waals surface area (Å²) in [6, 6.07) is 11.9. The fourth-order valence-electron chi connectivity index (χ4n) is 1.93. The minimum absolute atomic E-state index is 0.654. The van der Waals surface area contributed by atoms with Gasteiger partial charge < -0.3 is 5.73 Å². The summed E-state index contributed by atoms with van der Waals surface area (Å²) < 4.78 is 1.67. The van der Waals surface area contributed by atoms with E-state index in [2.05, 4.69) is 10.1 Å². The topological polar surface area (TPSA) is 56.7 Å². The lowest BCUT2D eigenvalue weighted by atomic mass is 10.1. The summed E-state index contributed by atoms with van der Waals surface area (Å²) in [5.74, 6) is 0.654. The van der Waals surface area contributed by atoms with Crippen LogP contribution in [-0.4, -0.2) is 14.8 Å². The van der Waals surface area contributed by atoms with E-state index >= 15 is 0 Å². The summed E-state index contributed by atoms with van der Waals surface area (Å²) in [6.07, 6.45) is 1.79. The maximum absolute atomic E-state index is 5.81. The van der Waals surface area contributed by atoms with Crippen molar-refractivity contribution >= 4 is 16.7 Å². The Labute approximate surface area is 98.7 Å². The monoisotopic (exact) mass is 224 g/mol. The number of para-hydroxylation sites is 1. The zero-order valence-corrected chi connectivity index (χ0v) is 9.46. The molecule has 0 spiro atoms. The van der Waals surface area contributed by atoms with Gasteiger partial charge in [-0.1, -0.05) is 18.2 Å². The normalized spacial score (nSPS) is 10.9. The van der Waals surface area contributed by atoms with Crippen molar-refractivity contribution in [2.75, 3.05) is 5.73 Å². The quantitative estimate of drug-likeness (QED) is 0.689. The average Bonchev–Trinajstić information content (AvgIpc) is 2.69. The molecule has 2 heterocycles. The van der Waals surface area contributed by atoms with Crippen molar-refractivity contribution in [3.63, 3.8) is 0 Å². The number of fused-ring (bicyclic) bond motifs is 1. The number of nitrogens with zero attached hydrogens (tertiary/aromatic N) is 3. The molecule has 4 heteroatoms. The number of hydrogen-bond donors (Lipinski definition) is 1. The number of pyridine rings is 1. The van der Waals surface area contributed by atoms with Crippen LogP contribution in [0.1, 0.15) is 0 Å². The Kier molecular flexibility index (Phi) is 2.08. The molecule has 0 saturated carbocycles. The van der Waals surface area contributed by atoms with Crippen LogP contribution in [-0.2, 0) is 7.05 Å². The zero-order valence-electron chi connectivity index (χ0n) is 9.46. The molecule has 0 aliphatic rings. The number of aromatic nitrogens is 3. The third-order valence-electron chi connectivity index (χ3n) is 2.84. The number of nitrogens with two attached hydrogens (primary N) is 1. The molecular weight excluding hydrogens is 212 g/mol. The van der Waals surface area contributed by atoms with E-state index in [-0.39, 0.29) is 0 Å². The fraction of sp³-hybridized carbons (Fsp3) is 0.0769. The van der Waals surface area contributed by atoms with Crippen LogP contribution in [0, 0.1) is 0 Å². The number of anilines is 1. The Balaban J connectivity index is 2.30. The Morgan fingerprint density at radius 3 is 2.76 bits per heavy atom. The van der Waals surface area contributed by atoms with Crippen molar-refractivity contribution < 1.29 is 0 Å². The second-order valence-corrected chi connectivity index (χ2v) is 3.95. The van der Waals surface area contributed by atoms with Gasteiger partial charge in [-0.05, 0) is 12.1 Å². The third-order valence-corrected chi connectivity index (χ3v) is 2.84. The van der Waals surface area contributed by atoms with Crippen LogP contribution in [0.2, 0.25) is 0 Å². The lowest BCUT2D eigenvalue weighted by molar-refractivity contribution is 0.782. The molecular formula is C13H12N4. The van der Waals surface area contributed by atoms with Gasteiger partial charge in [0.05, 0.1) is 11.2 Å². The average molecular weight is 224 g/mol. The van der Waals surface area contributed by atoms with Crippen LogP contribution in [0.25, 0.3) is 22.2 Å². The summed E-state index contributed by atoms with van der Waals surface area (Å²) >= 11 is 0. The van der Waals surface area contributed by atoms with Crippen LogP contribution in [0.3, 0.4) is 0 Å². The molecule has 0 unspecified atom stereocenters. The highest BCUT2D eigenvalue weighted by Crippen LogP contribution is 2.26. The molecule has 3 rings (SSSR count). The SMILES string of the molecule is Cn1nc(-c2ccnc3ccccc23)cc1N.